The molecule has 1 aromatic carbocycles. The van der Waals surface area contributed by atoms with Crippen LogP contribution in [0.25, 0.3) is 0 Å². The van der Waals surface area contributed by atoms with Gasteiger partial charge in [0, 0.05) is 24.2 Å². The molecule has 120 valence electrons. The summed E-state index contributed by atoms with van der Waals surface area (Å²) in [5.41, 5.74) is 1.52. The van der Waals surface area contributed by atoms with Crippen LogP contribution in [0.5, 0.6) is 0 Å². The molecule has 0 aliphatic rings. The Labute approximate surface area is 140 Å². The van der Waals surface area contributed by atoms with Crippen molar-refractivity contribution in [2.45, 2.75) is 13.3 Å². The number of hydrogen-bond acceptors (Lipinski definition) is 4. The first kappa shape index (κ1) is 17.0. The van der Waals surface area contributed by atoms with Gasteiger partial charge in [-0.25, -0.2) is 9.97 Å². The second-order valence-electron chi connectivity index (χ2n) is 4.99. The van der Waals surface area contributed by atoms with E-state index in [2.05, 4.69) is 27.2 Å². The Kier molecular flexibility index (Phi) is 6.11. The third-order valence-corrected chi connectivity index (χ3v) is 3.36. The maximum atomic E-state index is 11.9. The first-order chi connectivity index (χ1) is 11.1. The fraction of sp³-hybridized carbons (Fsp3) is 0.235. The molecule has 0 atom stereocenters. The number of rotatable bonds is 7. The lowest BCUT2D eigenvalue weighted by Gasteiger charge is -2.09. The number of aromatic nitrogens is 2. The van der Waals surface area contributed by atoms with Crippen LogP contribution in [-0.2, 0) is 6.42 Å². The van der Waals surface area contributed by atoms with Crippen molar-refractivity contribution in [1.82, 2.24) is 15.3 Å². The van der Waals surface area contributed by atoms with E-state index >= 15 is 0 Å². The van der Waals surface area contributed by atoms with Gasteiger partial charge in [0.2, 0.25) is 0 Å². The summed E-state index contributed by atoms with van der Waals surface area (Å²) in [4.78, 5) is 20.4. The van der Waals surface area contributed by atoms with Gasteiger partial charge in [0.1, 0.15) is 17.3 Å². The highest BCUT2D eigenvalue weighted by Crippen LogP contribution is 2.11. The number of anilines is 1. The highest BCUT2D eigenvalue weighted by Gasteiger charge is 2.09. The normalized spacial score (nSPS) is 10.2. The Balaban J connectivity index is 1.96. The van der Waals surface area contributed by atoms with E-state index in [0.717, 1.165) is 11.4 Å². The van der Waals surface area contributed by atoms with Gasteiger partial charge in [-0.05, 0) is 31.0 Å². The quantitative estimate of drug-likeness (QED) is 0.766. The lowest BCUT2D eigenvalue weighted by Crippen LogP contribution is -2.25. The molecule has 1 amide bonds. The van der Waals surface area contributed by atoms with Crippen LogP contribution in [0.2, 0.25) is 5.02 Å². The number of amides is 1. The van der Waals surface area contributed by atoms with Crippen LogP contribution >= 0.6 is 11.6 Å². The van der Waals surface area contributed by atoms with E-state index in [1.165, 1.54) is 5.56 Å². The third kappa shape index (κ3) is 5.38. The number of nitrogens with zero attached hydrogens (tertiary/aromatic N) is 2. The number of aryl methyl sites for hydroxylation is 1. The summed E-state index contributed by atoms with van der Waals surface area (Å²) < 4.78 is 0. The zero-order chi connectivity index (χ0) is 16.7. The number of benzene rings is 1. The summed E-state index contributed by atoms with van der Waals surface area (Å²) in [6.07, 6.45) is 2.45. The molecule has 1 aromatic heterocycles. The van der Waals surface area contributed by atoms with Crippen LogP contribution in [0.3, 0.4) is 0 Å². The Morgan fingerprint density at radius 3 is 2.74 bits per heavy atom. The summed E-state index contributed by atoms with van der Waals surface area (Å²) in [5.74, 6) is 0.941. The maximum Gasteiger partial charge on any atom is 0.270 e. The number of carbonyl (C=O) groups excluding carboxylic acids is 1. The van der Waals surface area contributed by atoms with E-state index in [4.69, 9.17) is 11.6 Å². The van der Waals surface area contributed by atoms with Crippen molar-refractivity contribution < 1.29 is 4.79 Å². The van der Waals surface area contributed by atoms with Crippen LogP contribution in [0.1, 0.15) is 21.9 Å². The highest BCUT2D eigenvalue weighted by molar-refractivity contribution is 6.30. The predicted molar refractivity (Wildman–Crippen MR) is 92.9 cm³/mol. The molecule has 2 N–H and O–H groups in total. The molecule has 0 spiro atoms. The van der Waals surface area contributed by atoms with E-state index < -0.39 is 0 Å². The molecule has 0 radical (unpaired) electrons. The Morgan fingerprint density at radius 2 is 2.04 bits per heavy atom. The first-order valence-corrected chi connectivity index (χ1v) is 7.69. The topological polar surface area (TPSA) is 66.9 Å². The lowest BCUT2D eigenvalue weighted by molar-refractivity contribution is 0.0952. The summed E-state index contributed by atoms with van der Waals surface area (Å²) in [7, 11) is 0. The van der Waals surface area contributed by atoms with Crippen molar-refractivity contribution >= 4 is 23.3 Å². The van der Waals surface area contributed by atoms with Crippen molar-refractivity contribution in [3.8, 4) is 0 Å². The molecule has 0 bridgehead atoms. The van der Waals surface area contributed by atoms with Gasteiger partial charge in [-0.2, -0.15) is 0 Å². The second kappa shape index (κ2) is 8.29. The molecule has 0 saturated heterocycles. The number of hydrogen-bond donors (Lipinski definition) is 2. The molecular weight excluding hydrogens is 312 g/mol. The van der Waals surface area contributed by atoms with Gasteiger partial charge in [-0.1, -0.05) is 29.8 Å². The predicted octanol–water partition coefficient (Wildman–Crippen LogP) is 3.01. The Hall–Kier alpha value is -2.40. The summed E-state index contributed by atoms with van der Waals surface area (Å²) >= 11 is 5.87. The molecule has 0 unspecified atom stereocenters. The molecule has 23 heavy (non-hydrogen) atoms. The van der Waals surface area contributed by atoms with E-state index in [1.54, 1.807) is 19.1 Å². The maximum absolute atomic E-state index is 11.9. The fourth-order valence-corrected chi connectivity index (χ4v) is 2.14. The number of nitrogens with one attached hydrogen (secondary N) is 2. The summed E-state index contributed by atoms with van der Waals surface area (Å²) in [5, 5.41) is 6.64. The van der Waals surface area contributed by atoms with Crippen LogP contribution in [0.4, 0.5) is 5.82 Å². The SMILES string of the molecule is C=CCNC(=O)c1cc(NCCc2ccc(Cl)cc2)nc(C)n1. The monoisotopic (exact) mass is 330 g/mol. The third-order valence-electron chi connectivity index (χ3n) is 3.11. The zero-order valence-corrected chi connectivity index (χ0v) is 13.7. The average molecular weight is 331 g/mol. The van der Waals surface area contributed by atoms with Gasteiger partial charge < -0.3 is 10.6 Å². The lowest BCUT2D eigenvalue weighted by atomic mass is 10.1. The van der Waals surface area contributed by atoms with Crippen molar-refractivity contribution in [2.24, 2.45) is 0 Å². The van der Waals surface area contributed by atoms with Gasteiger partial charge >= 0.3 is 0 Å². The largest absolute Gasteiger partial charge is 0.370 e. The molecule has 2 rings (SSSR count). The van der Waals surface area contributed by atoms with E-state index in [-0.39, 0.29) is 5.91 Å². The number of carbonyl (C=O) groups is 1. The van der Waals surface area contributed by atoms with Crippen LogP contribution in [0.15, 0.2) is 43.0 Å². The molecule has 6 heteroatoms. The molecule has 0 fully saturated rings. The number of halogens is 1. The first-order valence-electron chi connectivity index (χ1n) is 7.31. The highest BCUT2D eigenvalue weighted by atomic mass is 35.5. The van der Waals surface area contributed by atoms with Crippen LogP contribution in [-0.4, -0.2) is 29.0 Å². The molecule has 2 aromatic rings. The van der Waals surface area contributed by atoms with E-state index in [0.29, 0.717) is 30.4 Å². The van der Waals surface area contributed by atoms with Crippen LogP contribution in [0, 0.1) is 6.92 Å². The standard InChI is InChI=1S/C17H19ClN4O/c1-3-9-20-17(23)15-11-16(22-12(2)21-15)19-10-8-13-4-6-14(18)7-5-13/h3-7,11H,1,8-10H2,2H3,(H,20,23)(H,19,21,22). The molecular formula is C17H19ClN4O. The molecule has 5 nitrogen and oxygen atoms in total. The van der Waals surface area contributed by atoms with Crippen LogP contribution < -0.4 is 10.6 Å². The van der Waals surface area contributed by atoms with E-state index in [1.807, 2.05) is 24.3 Å². The van der Waals surface area contributed by atoms with Crippen molar-refractivity contribution in [2.75, 3.05) is 18.4 Å². The fourth-order valence-electron chi connectivity index (χ4n) is 2.02. The summed E-state index contributed by atoms with van der Waals surface area (Å²) in [6.45, 7) is 6.43. The van der Waals surface area contributed by atoms with Gasteiger partial charge in [0.05, 0.1) is 0 Å². The molecule has 0 aliphatic heterocycles. The average Bonchev–Trinajstić information content (AvgIpc) is 2.54. The molecule has 0 saturated carbocycles. The van der Waals surface area contributed by atoms with Gasteiger partial charge in [0.15, 0.2) is 0 Å². The van der Waals surface area contributed by atoms with Crippen molar-refractivity contribution in [1.29, 1.82) is 0 Å². The Morgan fingerprint density at radius 1 is 1.30 bits per heavy atom. The van der Waals surface area contributed by atoms with E-state index in [9.17, 15) is 4.79 Å². The molecule has 0 aliphatic carbocycles. The van der Waals surface area contributed by atoms with Gasteiger partial charge in [-0.15, -0.1) is 6.58 Å². The van der Waals surface area contributed by atoms with Gasteiger partial charge in [-0.3, -0.25) is 4.79 Å². The minimum Gasteiger partial charge on any atom is -0.370 e. The van der Waals surface area contributed by atoms with Crippen molar-refractivity contribution in [3.63, 3.8) is 0 Å². The minimum absolute atomic E-state index is 0.240. The second-order valence-corrected chi connectivity index (χ2v) is 5.42. The van der Waals surface area contributed by atoms with Crippen molar-refractivity contribution in [3.05, 3.63) is 65.1 Å². The Bertz CT molecular complexity index is 685. The molecule has 1 heterocycles. The van der Waals surface area contributed by atoms with Gasteiger partial charge in [0.25, 0.3) is 5.91 Å². The smallest absolute Gasteiger partial charge is 0.270 e. The minimum atomic E-state index is -0.240. The summed E-state index contributed by atoms with van der Waals surface area (Å²) in [6, 6.07) is 9.36. The zero-order valence-electron chi connectivity index (χ0n) is 13.0.